The highest BCUT2D eigenvalue weighted by Gasteiger charge is 2.50. The molecule has 3 heteroatoms. The summed E-state index contributed by atoms with van der Waals surface area (Å²) in [6, 6.07) is 5.09. The Morgan fingerprint density at radius 1 is 1.00 bits per heavy atom. The van der Waals surface area contributed by atoms with Crippen molar-refractivity contribution in [1.29, 1.82) is 10.5 Å². The van der Waals surface area contributed by atoms with Gasteiger partial charge in [-0.25, -0.2) is 0 Å². The van der Waals surface area contributed by atoms with Gasteiger partial charge in [-0.15, -0.1) is 0 Å². The van der Waals surface area contributed by atoms with E-state index in [0.29, 0.717) is 6.42 Å². The summed E-state index contributed by atoms with van der Waals surface area (Å²) in [7, 11) is 0. The topological polar surface area (TPSA) is 59.6 Å². The van der Waals surface area contributed by atoms with Crippen molar-refractivity contribution in [2.75, 3.05) is 0 Å². The maximum atomic E-state index is 9.53. The van der Waals surface area contributed by atoms with Gasteiger partial charge in [-0.2, -0.15) is 10.5 Å². The van der Waals surface area contributed by atoms with Crippen LogP contribution in [0, 0.1) is 33.5 Å². The summed E-state index contributed by atoms with van der Waals surface area (Å²) in [5.41, 5.74) is -0.930. The van der Waals surface area contributed by atoms with Gasteiger partial charge < -0.3 is 0 Å². The van der Waals surface area contributed by atoms with Crippen LogP contribution in [-0.4, -0.2) is 11.6 Å². The van der Waals surface area contributed by atoms with E-state index in [1.165, 1.54) is 0 Å². The first-order valence-electron chi connectivity index (χ1n) is 6.26. The molecular formula is C14H23N3. The summed E-state index contributed by atoms with van der Waals surface area (Å²) in [5.74, 6) is 0. The van der Waals surface area contributed by atoms with E-state index in [4.69, 9.17) is 0 Å². The molecule has 2 atom stereocenters. The molecule has 0 spiro atoms. The summed E-state index contributed by atoms with van der Waals surface area (Å²) in [6.07, 6.45) is 2.29. The van der Waals surface area contributed by atoms with Crippen LogP contribution in [0.15, 0.2) is 0 Å². The van der Waals surface area contributed by atoms with Gasteiger partial charge in [0.15, 0.2) is 0 Å². The lowest BCUT2D eigenvalue weighted by Crippen LogP contribution is -2.56. The Balaban J connectivity index is 3.08. The number of hydrogen-bond donors (Lipinski definition) is 1. The Bertz CT molecular complexity index is 372. The van der Waals surface area contributed by atoms with E-state index >= 15 is 0 Å². The summed E-state index contributed by atoms with van der Waals surface area (Å²) in [6.45, 7) is 10.4. The smallest absolute Gasteiger partial charge is 0.108 e. The Kier molecular flexibility index (Phi) is 3.55. The van der Waals surface area contributed by atoms with Crippen LogP contribution >= 0.6 is 0 Å². The summed E-state index contributed by atoms with van der Waals surface area (Å²) in [5, 5.41) is 22.3. The van der Waals surface area contributed by atoms with E-state index in [1.807, 2.05) is 20.8 Å². The zero-order valence-electron chi connectivity index (χ0n) is 11.6. The minimum atomic E-state index is -0.555. The van der Waals surface area contributed by atoms with E-state index < -0.39 is 11.0 Å². The third-order valence-electron chi connectivity index (χ3n) is 3.39. The van der Waals surface area contributed by atoms with E-state index in [-0.39, 0.29) is 11.5 Å². The van der Waals surface area contributed by atoms with Crippen LogP contribution in [0.2, 0.25) is 0 Å². The molecule has 17 heavy (non-hydrogen) atoms. The van der Waals surface area contributed by atoms with E-state index in [0.717, 1.165) is 12.8 Å². The first kappa shape index (κ1) is 14.0. The average Bonchev–Trinajstić information content (AvgIpc) is 2.13. The molecule has 0 aromatic rings. The van der Waals surface area contributed by atoms with Crippen molar-refractivity contribution in [3.8, 4) is 12.1 Å². The lowest BCUT2D eigenvalue weighted by atomic mass is 9.58. The molecule has 0 amide bonds. The standard InChI is InChI=1S/C14H23N3/c1-11(2)17-14(10-16)7-12(3,4)6-13(5,8-14)9-15/h11,17H,6-8H2,1-5H3. The summed E-state index contributed by atoms with van der Waals surface area (Å²) >= 11 is 0. The highest BCUT2D eigenvalue weighted by atomic mass is 15.0. The van der Waals surface area contributed by atoms with Crippen molar-refractivity contribution in [2.45, 2.75) is 65.5 Å². The molecule has 0 aliphatic heterocycles. The first-order valence-corrected chi connectivity index (χ1v) is 6.26. The Labute approximate surface area is 105 Å². The van der Waals surface area contributed by atoms with Crippen molar-refractivity contribution in [3.05, 3.63) is 0 Å². The van der Waals surface area contributed by atoms with Crippen LogP contribution in [0.5, 0.6) is 0 Å². The zero-order chi connectivity index (χ0) is 13.3. The van der Waals surface area contributed by atoms with Crippen molar-refractivity contribution in [1.82, 2.24) is 5.32 Å². The largest absolute Gasteiger partial charge is 0.297 e. The number of nitriles is 2. The normalized spacial score (nSPS) is 36.2. The number of hydrogen-bond acceptors (Lipinski definition) is 3. The molecule has 1 fully saturated rings. The minimum absolute atomic E-state index is 0.0281. The molecule has 1 rings (SSSR count). The predicted molar refractivity (Wildman–Crippen MR) is 68.0 cm³/mol. The van der Waals surface area contributed by atoms with Gasteiger partial charge in [0.05, 0.1) is 17.6 Å². The van der Waals surface area contributed by atoms with Crippen LogP contribution in [-0.2, 0) is 0 Å². The lowest BCUT2D eigenvalue weighted by molar-refractivity contribution is 0.0735. The molecule has 1 N–H and O–H groups in total. The zero-order valence-corrected chi connectivity index (χ0v) is 11.6. The Morgan fingerprint density at radius 2 is 1.59 bits per heavy atom. The van der Waals surface area contributed by atoms with Crippen LogP contribution in [0.1, 0.15) is 53.9 Å². The van der Waals surface area contributed by atoms with Gasteiger partial charge in [0.2, 0.25) is 0 Å². The molecular weight excluding hydrogens is 210 g/mol. The fourth-order valence-electron chi connectivity index (χ4n) is 3.57. The Hall–Kier alpha value is -1.06. The Morgan fingerprint density at radius 3 is 2.00 bits per heavy atom. The average molecular weight is 233 g/mol. The maximum Gasteiger partial charge on any atom is 0.108 e. The van der Waals surface area contributed by atoms with Gasteiger partial charge in [0.25, 0.3) is 0 Å². The molecule has 0 bridgehead atoms. The molecule has 0 heterocycles. The molecule has 94 valence electrons. The first-order chi connectivity index (χ1) is 7.66. The second kappa shape index (κ2) is 4.31. The minimum Gasteiger partial charge on any atom is -0.297 e. The highest BCUT2D eigenvalue weighted by molar-refractivity contribution is 5.19. The molecule has 0 aromatic carbocycles. The SMILES string of the molecule is CC(C)NC1(C#N)CC(C)(C)CC(C)(C#N)C1. The van der Waals surface area contributed by atoms with Gasteiger partial charge in [-0.3, -0.25) is 5.32 Å². The van der Waals surface area contributed by atoms with Crippen molar-refractivity contribution >= 4 is 0 Å². The van der Waals surface area contributed by atoms with Crippen LogP contribution in [0.25, 0.3) is 0 Å². The molecule has 0 aromatic heterocycles. The van der Waals surface area contributed by atoms with Gasteiger partial charge in [-0.1, -0.05) is 13.8 Å². The lowest BCUT2D eigenvalue weighted by Gasteiger charge is -2.48. The van der Waals surface area contributed by atoms with Gasteiger partial charge in [0, 0.05) is 6.04 Å². The van der Waals surface area contributed by atoms with Crippen molar-refractivity contribution in [3.63, 3.8) is 0 Å². The second-order valence-corrected chi connectivity index (χ2v) is 6.86. The quantitative estimate of drug-likeness (QED) is 0.797. The van der Waals surface area contributed by atoms with Crippen molar-refractivity contribution in [2.24, 2.45) is 10.8 Å². The van der Waals surface area contributed by atoms with Gasteiger partial charge in [-0.05, 0) is 45.4 Å². The second-order valence-electron chi connectivity index (χ2n) is 6.86. The van der Waals surface area contributed by atoms with E-state index in [2.05, 4.69) is 31.3 Å². The predicted octanol–water partition coefficient (Wildman–Crippen LogP) is 2.99. The van der Waals surface area contributed by atoms with E-state index in [1.54, 1.807) is 0 Å². The third-order valence-corrected chi connectivity index (χ3v) is 3.39. The summed E-state index contributed by atoms with van der Waals surface area (Å²) in [4.78, 5) is 0. The van der Waals surface area contributed by atoms with Crippen LogP contribution in [0.3, 0.4) is 0 Å². The number of nitrogens with zero attached hydrogens (tertiary/aromatic N) is 2. The maximum absolute atomic E-state index is 9.53. The monoisotopic (exact) mass is 233 g/mol. The fraction of sp³-hybridized carbons (Fsp3) is 0.857. The highest BCUT2D eigenvalue weighted by Crippen LogP contribution is 2.49. The summed E-state index contributed by atoms with van der Waals surface area (Å²) < 4.78 is 0. The molecule has 0 saturated heterocycles. The van der Waals surface area contributed by atoms with Crippen molar-refractivity contribution < 1.29 is 0 Å². The number of rotatable bonds is 2. The molecule has 3 nitrogen and oxygen atoms in total. The molecule has 1 aliphatic carbocycles. The molecule has 2 unspecified atom stereocenters. The van der Waals surface area contributed by atoms with Crippen LogP contribution in [0.4, 0.5) is 0 Å². The number of nitrogens with one attached hydrogen (secondary N) is 1. The molecule has 1 saturated carbocycles. The van der Waals surface area contributed by atoms with Gasteiger partial charge in [0.1, 0.15) is 5.54 Å². The van der Waals surface area contributed by atoms with E-state index in [9.17, 15) is 10.5 Å². The molecule has 0 radical (unpaired) electrons. The molecule has 1 aliphatic rings. The van der Waals surface area contributed by atoms with Gasteiger partial charge >= 0.3 is 0 Å². The third kappa shape index (κ3) is 3.20. The van der Waals surface area contributed by atoms with Crippen LogP contribution < -0.4 is 5.32 Å². The fourth-order valence-corrected chi connectivity index (χ4v) is 3.57.